The SMILES string of the molecule is CCN1CCCC(CCCN)CC1. The molecular formula is C11H24N2. The average Bonchev–Trinajstić information content (AvgIpc) is 2.39. The van der Waals surface area contributed by atoms with Gasteiger partial charge >= 0.3 is 0 Å². The van der Waals surface area contributed by atoms with Gasteiger partial charge in [-0.3, -0.25) is 0 Å². The van der Waals surface area contributed by atoms with Crippen LogP contribution in [0.15, 0.2) is 0 Å². The highest BCUT2D eigenvalue weighted by molar-refractivity contribution is 4.69. The smallest absolute Gasteiger partial charge is 0.00162 e. The maximum atomic E-state index is 5.53. The first-order valence-electron chi connectivity index (χ1n) is 5.79. The highest BCUT2D eigenvalue weighted by Gasteiger charge is 2.14. The van der Waals surface area contributed by atoms with E-state index in [-0.39, 0.29) is 0 Å². The monoisotopic (exact) mass is 184 g/mol. The Bertz CT molecular complexity index is 125. The summed E-state index contributed by atoms with van der Waals surface area (Å²) in [5.74, 6) is 0.958. The molecule has 0 amide bonds. The first-order valence-corrected chi connectivity index (χ1v) is 5.79. The van der Waals surface area contributed by atoms with E-state index in [2.05, 4.69) is 11.8 Å². The Morgan fingerprint density at radius 1 is 1.31 bits per heavy atom. The molecule has 78 valence electrons. The molecule has 0 bridgehead atoms. The molecule has 0 radical (unpaired) electrons. The van der Waals surface area contributed by atoms with Crippen LogP contribution in [-0.4, -0.2) is 31.1 Å². The van der Waals surface area contributed by atoms with Crippen molar-refractivity contribution in [2.75, 3.05) is 26.2 Å². The molecule has 13 heavy (non-hydrogen) atoms. The lowest BCUT2D eigenvalue weighted by Gasteiger charge is -2.17. The molecular weight excluding hydrogens is 160 g/mol. The number of hydrogen-bond acceptors (Lipinski definition) is 2. The maximum Gasteiger partial charge on any atom is -0.00162 e. The Morgan fingerprint density at radius 3 is 2.85 bits per heavy atom. The summed E-state index contributed by atoms with van der Waals surface area (Å²) < 4.78 is 0. The molecule has 1 atom stereocenters. The van der Waals surface area contributed by atoms with Crippen molar-refractivity contribution in [2.24, 2.45) is 11.7 Å². The molecule has 1 fully saturated rings. The van der Waals surface area contributed by atoms with Gasteiger partial charge in [-0.2, -0.15) is 0 Å². The molecule has 1 aliphatic heterocycles. The molecule has 2 N–H and O–H groups in total. The van der Waals surface area contributed by atoms with Crippen LogP contribution < -0.4 is 5.73 Å². The maximum absolute atomic E-state index is 5.53. The van der Waals surface area contributed by atoms with Crippen LogP contribution in [0.3, 0.4) is 0 Å². The van der Waals surface area contributed by atoms with Gasteiger partial charge in [0.25, 0.3) is 0 Å². The van der Waals surface area contributed by atoms with E-state index in [1.807, 2.05) is 0 Å². The van der Waals surface area contributed by atoms with E-state index in [4.69, 9.17) is 5.73 Å². The molecule has 0 aromatic carbocycles. The molecule has 1 unspecified atom stereocenters. The summed E-state index contributed by atoms with van der Waals surface area (Å²) in [5, 5.41) is 0. The first-order chi connectivity index (χ1) is 6.36. The Hall–Kier alpha value is -0.0800. The van der Waals surface area contributed by atoms with Gasteiger partial charge in [0.2, 0.25) is 0 Å². The molecule has 2 heteroatoms. The second-order valence-electron chi connectivity index (χ2n) is 4.16. The molecule has 1 rings (SSSR count). The summed E-state index contributed by atoms with van der Waals surface area (Å²) in [4.78, 5) is 2.57. The fraction of sp³-hybridized carbons (Fsp3) is 1.00. The third-order valence-corrected chi connectivity index (χ3v) is 3.20. The van der Waals surface area contributed by atoms with Gasteiger partial charge in [-0.15, -0.1) is 0 Å². The van der Waals surface area contributed by atoms with Gasteiger partial charge in [0.05, 0.1) is 0 Å². The molecule has 1 heterocycles. The van der Waals surface area contributed by atoms with Crippen molar-refractivity contribution in [3.05, 3.63) is 0 Å². The van der Waals surface area contributed by atoms with Crippen LogP contribution in [0.4, 0.5) is 0 Å². The standard InChI is InChI=1S/C11H24N2/c1-2-13-9-4-6-11(7-10-13)5-3-8-12/h11H,2-10,12H2,1H3. The zero-order chi connectivity index (χ0) is 9.52. The van der Waals surface area contributed by atoms with Gasteiger partial charge < -0.3 is 10.6 Å². The zero-order valence-corrected chi connectivity index (χ0v) is 8.97. The van der Waals surface area contributed by atoms with Gasteiger partial charge in [0.1, 0.15) is 0 Å². The number of likely N-dealkylation sites (tertiary alicyclic amines) is 1. The number of hydrogen-bond donors (Lipinski definition) is 1. The summed E-state index contributed by atoms with van der Waals surface area (Å²) in [6.45, 7) is 6.99. The fourth-order valence-electron chi connectivity index (χ4n) is 2.24. The van der Waals surface area contributed by atoms with Crippen LogP contribution in [0.25, 0.3) is 0 Å². The van der Waals surface area contributed by atoms with E-state index in [1.165, 1.54) is 51.7 Å². The third kappa shape index (κ3) is 4.10. The second kappa shape index (κ2) is 6.39. The number of rotatable bonds is 4. The van der Waals surface area contributed by atoms with Gasteiger partial charge in [0, 0.05) is 0 Å². The van der Waals surface area contributed by atoms with Crippen molar-refractivity contribution in [1.82, 2.24) is 4.90 Å². The summed E-state index contributed by atoms with van der Waals surface area (Å²) in [7, 11) is 0. The van der Waals surface area contributed by atoms with Crippen molar-refractivity contribution in [3.8, 4) is 0 Å². The number of nitrogens with zero attached hydrogens (tertiary/aromatic N) is 1. The summed E-state index contributed by atoms with van der Waals surface area (Å²) >= 11 is 0. The largest absolute Gasteiger partial charge is 0.330 e. The summed E-state index contributed by atoms with van der Waals surface area (Å²) in [6.07, 6.45) is 6.79. The van der Waals surface area contributed by atoms with Crippen molar-refractivity contribution in [3.63, 3.8) is 0 Å². The topological polar surface area (TPSA) is 29.3 Å². The van der Waals surface area contributed by atoms with Gasteiger partial charge in [0.15, 0.2) is 0 Å². The van der Waals surface area contributed by atoms with Crippen molar-refractivity contribution in [2.45, 2.75) is 39.0 Å². The van der Waals surface area contributed by atoms with Crippen LogP contribution in [0.5, 0.6) is 0 Å². The van der Waals surface area contributed by atoms with Gasteiger partial charge in [-0.05, 0) is 64.2 Å². The van der Waals surface area contributed by atoms with Crippen molar-refractivity contribution >= 4 is 0 Å². The van der Waals surface area contributed by atoms with Crippen molar-refractivity contribution in [1.29, 1.82) is 0 Å². The van der Waals surface area contributed by atoms with Crippen LogP contribution in [0.1, 0.15) is 39.0 Å². The average molecular weight is 184 g/mol. The molecule has 1 saturated heterocycles. The van der Waals surface area contributed by atoms with Crippen LogP contribution >= 0.6 is 0 Å². The lowest BCUT2D eigenvalue weighted by atomic mass is 9.95. The quantitative estimate of drug-likeness (QED) is 0.722. The van der Waals surface area contributed by atoms with E-state index >= 15 is 0 Å². The lowest BCUT2D eigenvalue weighted by molar-refractivity contribution is 0.294. The van der Waals surface area contributed by atoms with Crippen LogP contribution in [-0.2, 0) is 0 Å². The third-order valence-electron chi connectivity index (χ3n) is 3.20. The second-order valence-corrected chi connectivity index (χ2v) is 4.16. The van der Waals surface area contributed by atoms with Crippen molar-refractivity contribution < 1.29 is 0 Å². The summed E-state index contributed by atoms with van der Waals surface area (Å²) in [5.41, 5.74) is 5.53. The Morgan fingerprint density at radius 2 is 2.15 bits per heavy atom. The van der Waals surface area contributed by atoms with E-state index in [1.54, 1.807) is 0 Å². The Kier molecular flexibility index (Phi) is 5.40. The van der Waals surface area contributed by atoms with Crippen LogP contribution in [0, 0.1) is 5.92 Å². The van der Waals surface area contributed by atoms with Gasteiger partial charge in [-0.25, -0.2) is 0 Å². The molecule has 0 saturated carbocycles. The first kappa shape index (κ1) is 11.0. The predicted octanol–water partition coefficient (Wildman–Crippen LogP) is 1.85. The fourth-order valence-corrected chi connectivity index (χ4v) is 2.24. The Labute approximate surface area is 82.5 Å². The minimum atomic E-state index is 0.869. The predicted molar refractivity (Wildman–Crippen MR) is 57.7 cm³/mol. The summed E-state index contributed by atoms with van der Waals surface area (Å²) in [6, 6.07) is 0. The highest BCUT2D eigenvalue weighted by Crippen LogP contribution is 2.21. The lowest BCUT2D eigenvalue weighted by Crippen LogP contribution is -2.24. The van der Waals surface area contributed by atoms with E-state index < -0.39 is 0 Å². The Balaban J connectivity index is 2.19. The highest BCUT2D eigenvalue weighted by atomic mass is 15.1. The molecule has 0 spiro atoms. The molecule has 0 aromatic heterocycles. The molecule has 1 aliphatic rings. The van der Waals surface area contributed by atoms with E-state index in [0.29, 0.717) is 0 Å². The van der Waals surface area contributed by atoms with Crippen LogP contribution in [0.2, 0.25) is 0 Å². The molecule has 0 aromatic rings. The zero-order valence-electron chi connectivity index (χ0n) is 8.97. The molecule has 0 aliphatic carbocycles. The van der Waals surface area contributed by atoms with Gasteiger partial charge in [-0.1, -0.05) is 6.92 Å². The van der Waals surface area contributed by atoms with E-state index in [9.17, 15) is 0 Å². The minimum Gasteiger partial charge on any atom is -0.330 e. The minimum absolute atomic E-state index is 0.869. The number of nitrogens with two attached hydrogens (primary N) is 1. The molecule has 2 nitrogen and oxygen atoms in total. The normalized spacial score (nSPS) is 25.8. The van der Waals surface area contributed by atoms with E-state index in [0.717, 1.165) is 12.5 Å².